The smallest absolute Gasteiger partial charge is 0.146 e. The maximum absolute atomic E-state index is 11.1. The third-order valence-electron chi connectivity index (χ3n) is 3.25. The zero-order valence-corrected chi connectivity index (χ0v) is 9.66. The molecule has 0 aromatic carbocycles. The first kappa shape index (κ1) is 12.2. The minimum absolute atomic E-state index is 0.157. The lowest BCUT2D eigenvalue weighted by Crippen LogP contribution is -2.15. The molecule has 1 aliphatic carbocycles. The second-order valence-electron chi connectivity index (χ2n) is 4.64. The summed E-state index contributed by atoms with van der Waals surface area (Å²) in [7, 11) is 0. The highest BCUT2D eigenvalue weighted by Gasteiger charge is 2.21. The normalized spacial score (nSPS) is 19.9. The molecule has 0 heterocycles. The Labute approximate surface area is 91.7 Å². The maximum Gasteiger partial charge on any atom is 0.146 e. The molecule has 0 spiro atoms. The Morgan fingerprint density at radius 2 is 1.67 bits per heavy atom. The summed E-state index contributed by atoms with van der Waals surface area (Å²) in [5, 5.41) is 0. The standard InChI is InChI=1S/C13H20O2/c1-10(2)12(8-14)13(9-15)11-6-4-3-5-7-11/h8-11H,3-7H2,1-2H3. The number of aldehydes is 2. The molecule has 0 bridgehead atoms. The summed E-state index contributed by atoms with van der Waals surface area (Å²) in [6.45, 7) is 3.94. The fourth-order valence-corrected chi connectivity index (χ4v) is 2.35. The monoisotopic (exact) mass is 208 g/mol. The van der Waals surface area contributed by atoms with E-state index in [1.165, 1.54) is 19.3 Å². The number of rotatable bonds is 4. The molecule has 1 aliphatic rings. The van der Waals surface area contributed by atoms with E-state index < -0.39 is 0 Å². The van der Waals surface area contributed by atoms with Crippen LogP contribution in [0.3, 0.4) is 0 Å². The van der Waals surface area contributed by atoms with E-state index in [1.54, 1.807) is 0 Å². The largest absolute Gasteiger partial charge is 0.298 e. The van der Waals surface area contributed by atoms with Crippen molar-refractivity contribution >= 4 is 12.6 Å². The molecule has 0 unspecified atom stereocenters. The van der Waals surface area contributed by atoms with Crippen molar-refractivity contribution in [3.8, 4) is 0 Å². The molecule has 2 nitrogen and oxygen atoms in total. The van der Waals surface area contributed by atoms with Crippen LogP contribution in [0, 0.1) is 11.8 Å². The van der Waals surface area contributed by atoms with Crippen LogP contribution in [0.2, 0.25) is 0 Å². The van der Waals surface area contributed by atoms with Gasteiger partial charge in [-0.2, -0.15) is 0 Å². The van der Waals surface area contributed by atoms with Gasteiger partial charge in [-0.15, -0.1) is 0 Å². The van der Waals surface area contributed by atoms with Crippen molar-refractivity contribution in [2.24, 2.45) is 11.8 Å². The average Bonchev–Trinajstić information content (AvgIpc) is 2.26. The molecule has 0 N–H and O–H groups in total. The molecule has 2 heteroatoms. The molecule has 0 radical (unpaired) electrons. The third kappa shape index (κ3) is 3.01. The highest BCUT2D eigenvalue weighted by Crippen LogP contribution is 2.31. The second-order valence-corrected chi connectivity index (χ2v) is 4.64. The molecular formula is C13H20O2. The van der Waals surface area contributed by atoms with E-state index in [1.807, 2.05) is 13.8 Å². The first-order chi connectivity index (χ1) is 7.20. The van der Waals surface area contributed by atoms with Gasteiger partial charge >= 0.3 is 0 Å². The fourth-order valence-electron chi connectivity index (χ4n) is 2.35. The summed E-state index contributed by atoms with van der Waals surface area (Å²) < 4.78 is 0. The summed E-state index contributed by atoms with van der Waals surface area (Å²) in [5.41, 5.74) is 1.47. The Morgan fingerprint density at radius 1 is 1.07 bits per heavy atom. The second kappa shape index (κ2) is 5.84. The van der Waals surface area contributed by atoms with Crippen molar-refractivity contribution in [1.29, 1.82) is 0 Å². The van der Waals surface area contributed by atoms with Gasteiger partial charge in [0.1, 0.15) is 12.6 Å². The van der Waals surface area contributed by atoms with Gasteiger partial charge in [0.15, 0.2) is 0 Å². The molecule has 0 saturated heterocycles. The summed E-state index contributed by atoms with van der Waals surface area (Å²) in [5.74, 6) is 0.489. The van der Waals surface area contributed by atoms with Crippen LogP contribution >= 0.6 is 0 Å². The van der Waals surface area contributed by atoms with Crippen LogP contribution in [0.1, 0.15) is 46.0 Å². The minimum atomic E-state index is 0.157. The zero-order chi connectivity index (χ0) is 11.3. The molecule has 0 amide bonds. The van der Waals surface area contributed by atoms with Crippen LogP contribution < -0.4 is 0 Å². The van der Waals surface area contributed by atoms with Crippen LogP contribution in [0.15, 0.2) is 11.1 Å². The van der Waals surface area contributed by atoms with Gasteiger partial charge in [-0.3, -0.25) is 9.59 Å². The van der Waals surface area contributed by atoms with Gasteiger partial charge in [-0.25, -0.2) is 0 Å². The Balaban J connectivity index is 2.91. The molecule has 1 rings (SSSR count). The molecule has 0 aliphatic heterocycles. The van der Waals surface area contributed by atoms with Crippen molar-refractivity contribution in [2.75, 3.05) is 0 Å². The molecule has 15 heavy (non-hydrogen) atoms. The van der Waals surface area contributed by atoms with E-state index >= 15 is 0 Å². The van der Waals surface area contributed by atoms with Crippen LogP contribution in [-0.4, -0.2) is 12.6 Å². The fraction of sp³-hybridized carbons (Fsp3) is 0.692. The molecular weight excluding hydrogens is 188 g/mol. The van der Waals surface area contributed by atoms with Crippen molar-refractivity contribution in [1.82, 2.24) is 0 Å². The Hall–Kier alpha value is -0.920. The Kier molecular flexibility index (Phi) is 4.73. The van der Waals surface area contributed by atoms with Gasteiger partial charge in [0, 0.05) is 11.1 Å². The van der Waals surface area contributed by atoms with Crippen LogP contribution in [-0.2, 0) is 9.59 Å². The zero-order valence-electron chi connectivity index (χ0n) is 9.66. The molecule has 84 valence electrons. The number of carbonyl (C=O) groups excluding carboxylic acids is 2. The lowest BCUT2D eigenvalue weighted by molar-refractivity contribution is -0.107. The van der Waals surface area contributed by atoms with Gasteiger partial charge in [-0.1, -0.05) is 33.1 Å². The Morgan fingerprint density at radius 3 is 2.07 bits per heavy atom. The maximum atomic E-state index is 11.1. The van der Waals surface area contributed by atoms with Gasteiger partial charge in [0.05, 0.1) is 0 Å². The average molecular weight is 208 g/mol. The molecule has 1 fully saturated rings. The van der Waals surface area contributed by atoms with E-state index in [0.29, 0.717) is 11.5 Å². The van der Waals surface area contributed by atoms with E-state index in [4.69, 9.17) is 0 Å². The van der Waals surface area contributed by atoms with E-state index in [9.17, 15) is 9.59 Å². The SMILES string of the molecule is CC(C)C(C=O)=C(C=O)C1CCCCC1. The summed E-state index contributed by atoms with van der Waals surface area (Å²) >= 11 is 0. The molecule has 0 atom stereocenters. The molecule has 1 saturated carbocycles. The van der Waals surface area contributed by atoms with Gasteiger partial charge < -0.3 is 0 Å². The predicted molar refractivity (Wildman–Crippen MR) is 60.6 cm³/mol. The van der Waals surface area contributed by atoms with Crippen molar-refractivity contribution in [3.05, 3.63) is 11.1 Å². The number of hydrogen-bond donors (Lipinski definition) is 0. The Bertz CT molecular complexity index is 258. The number of allylic oxidation sites excluding steroid dienone is 2. The molecule has 0 aromatic heterocycles. The van der Waals surface area contributed by atoms with E-state index in [0.717, 1.165) is 31.0 Å². The minimum Gasteiger partial charge on any atom is -0.298 e. The van der Waals surface area contributed by atoms with Crippen LogP contribution in [0.5, 0.6) is 0 Å². The lowest BCUT2D eigenvalue weighted by Gasteiger charge is -2.23. The molecule has 0 aromatic rings. The highest BCUT2D eigenvalue weighted by atomic mass is 16.1. The van der Waals surface area contributed by atoms with Gasteiger partial charge in [-0.05, 0) is 24.7 Å². The highest BCUT2D eigenvalue weighted by molar-refractivity contribution is 5.87. The summed E-state index contributed by atoms with van der Waals surface area (Å²) in [6.07, 6.45) is 7.54. The summed E-state index contributed by atoms with van der Waals surface area (Å²) in [6, 6.07) is 0. The first-order valence-corrected chi connectivity index (χ1v) is 5.85. The van der Waals surface area contributed by atoms with Gasteiger partial charge in [0.2, 0.25) is 0 Å². The lowest BCUT2D eigenvalue weighted by atomic mass is 9.80. The predicted octanol–water partition coefficient (Wildman–Crippen LogP) is 2.92. The summed E-state index contributed by atoms with van der Waals surface area (Å²) in [4.78, 5) is 22.1. The van der Waals surface area contributed by atoms with Crippen molar-refractivity contribution < 1.29 is 9.59 Å². The number of hydrogen-bond acceptors (Lipinski definition) is 2. The topological polar surface area (TPSA) is 34.1 Å². The first-order valence-electron chi connectivity index (χ1n) is 5.85. The third-order valence-corrected chi connectivity index (χ3v) is 3.25. The quantitative estimate of drug-likeness (QED) is 0.526. The van der Waals surface area contributed by atoms with Crippen molar-refractivity contribution in [2.45, 2.75) is 46.0 Å². The van der Waals surface area contributed by atoms with Crippen LogP contribution in [0.4, 0.5) is 0 Å². The van der Waals surface area contributed by atoms with E-state index in [2.05, 4.69) is 0 Å². The van der Waals surface area contributed by atoms with Crippen molar-refractivity contribution in [3.63, 3.8) is 0 Å². The number of carbonyl (C=O) groups is 2. The van der Waals surface area contributed by atoms with Crippen LogP contribution in [0.25, 0.3) is 0 Å². The van der Waals surface area contributed by atoms with Gasteiger partial charge in [0.25, 0.3) is 0 Å². The van der Waals surface area contributed by atoms with E-state index in [-0.39, 0.29) is 5.92 Å².